The Bertz CT molecular complexity index is 1150. The van der Waals surface area contributed by atoms with E-state index in [-0.39, 0.29) is 17.6 Å². The number of alkyl halides is 3. The Kier molecular flexibility index (Phi) is 6.90. The van der Waals surface area contributed by atoms with Crippen LogP contribution in [0, 0.1) is 0 Å². The van der Waals surface area contributed by atoms with Crippen molar-refractivity contribution in [1.29, 1.82) is 0 Å². The Morgan fingerprint density at radius 3 is 2.47 bits per heavy atom. The number of nitrogens with zero attached hydrogens (tertiary/aromatic N) is 1. The summed E-state index contributed by atoms with van der Waals surface area (Å²) in [5.41, 5.74) is 1.33. The summed E-state index contributed by atoms with van der Waals surface area (Å²) in [5, 5.41) is 4.66. The zero-order chi connectivity index (χ0) is 24.3. The van der Waals surface area contributed by atoms with Gasteiger partial charge in [0.1, 0.15) is 5.75 Å². The summed E-state index contributed by atoms with van der Waals surface area (Å²) in [5.74, 6) is -1.70. The fourth-order valence-corrected chi connectivity index (χ4v) is 4.92. The highest BCUT2D eigenvalue weighted by Gasteiger charge is 2.44. The number of thiophene rings is 1. The van der Waals surface area contributed by atoms with Crippen LogP contribution in [-0.2, 0) is 9.53 Å². The quantitative estimate of drug-likeness (QED) is 0.494. The number of hydrogen-bond donors (Lipinski definition) is 1. The molecule has 1 aliphatic rings. The number of fused-ring (bicyclic) bond motifs is 1. The van der Waals surface area contributed by atoms with Gasteiger partial charge in [0.05, 0.1) is 18.6 Å². The van der Waals surface area contributed by atoms with Gasteiger partial charge in [0.15, 0.2) is 0 Å². The van der Waals surface area contributed by atoms with Gasteiger partial charge in [-0.15, -0.1) is 24.5 Å². The number of rotatable bonds is 7. The molecular formula is C24H21F3N2O4S. The first-order valence-corrected chi connectivity index (χ1v) is 11.3. The second-order valence-corrected chi connectivity index (χ2v) is 8.56. The minimum absolute atomic E-state index is 0.191. The van der Waals surface area contributed by atoms with Crippen LogP contribution >= 0.6 is 11.3 Å². The van der Waals surface area contributed by atoms with Crippen LogP contribution in [0.4, 0.5) is 18.9 Å². The molecule has 0 saturated heterocycles. The Morgan fingerprint density at radius 1 is 1.09 bits per heavy atom. The Labute approximate surface area is 197 Å². The SMILES string of the molecule is COCCN1C(=O)c2ccccc2C(C(=O)Nc2ccc(OC(F)(F)F)cc2)C1c1cccs1. The summed E-state index contributed by atoms with van der Waals surface area (Å²) in [6.45, 7) is 0.588. The molecule has 3 aromatic rings. The van der Waals surface area contributed by atoms with E-state index in [0.29, 0.717) is 30.0 Å². The van der Waals surface area contributed by atoms with Gasteiger partial charge in [0, 0.05) is 29.8 Å². The third-order valence-corrected chi connectivity index (χ3v) is 6.39. The lowest BCUT2D eigenvalue weighted by molar-refractivity contribution is -0.274. The average Bonchev–Trinajstić information content (AvgIpc) is 3.33. The molecule has 4 rings (SSSR count). The van der Waals surface area contributed by atoms with Gasteiger partial charge in [-0.25, -0.2) is 0 Å². The molecular weight excluding hydrogens is 469 g/mol. The third kappa shape index (κ3) is 5.07. The van der Waals surface area contributed by atoms with Crippen LogP contribution in [0.5, 0.6) is 5.75 Å². The maximum atomic E-state index is 13.6. The van der Waals surface area contributed by atoms with E-state index in [2.05, 4.69) is 10.1 Å². The van der Waals surface area contributed by atoms with Gasteiger partial charge in [-0.3, -0.25) is 9.59 Å². The van der Waals surface area contributed by atoms with Gasteiger partial charge in [0.2, 0.25) is 5.91 Å². The molecule has 1 aliphatic heterocycles. The van der Waals surface area contributed by atoms with Crippen molar-refractivity contribution in [3.05, 3.63) is 82.0 Å². The largest absolute Gasteiger partial charge is 0.573 e. The zero-order valence-electron chi connectivity index (χ0n) is 18.0. The molecule has 0 spiro atoms. The first kappa shape index (κ1) is 23.8. The summed E-state index contributed by atoms with van der Waals surface area (Å²) in [7, 11) is 1.54. The minimum Gasteiger partial charge on any atom is -0.406 e. The van der Waals surface area contributed by atoms with Crippen molar-refractivity contribution in [3.8, 4) is 5.75 Å². The van der Waals surface area contributed by atoms with Crippen LogP contribution in [-0.4, -0.2) is 43.3 Å². The van der Waals surface area contributed by atoms with Gasteiger partial charge in [-0.2, -0.15) is 0 Å². The van der Waals surface area contributed by atoms with Crippen molar-refractivity contribution in [1.82, 2.24) is 4.90 Å². The average molecular weight is 491 g/mol. The molecule has 34 heavy (non-hydrogen) atoms. The van der Waals surface area contributed by atoms with Crippen LogP contribution in [0.1, 0.15) is 32.8 Å². The molecule has 6 nitrogen and oxygen atoms in total. The standard InChI is InChI=1S/C24H21F3N2O4S/c1-32-13-12-29-21(19-7-4-14-34-19)20(17-5-2-3-6-18(17)23(29)31)22(30)28-15-8-10-16(11-9-15)33-24(25,26)27/h2-11,14,20-21H,12-13H2,1H3,(H,28,30). The van der Waals surface area contributed by atoms with Crippen LogP contribution in [0.25, 0.3) is 0 Å². The molecule has 0 saturated carbocycles. The number of methoxy groups -OCH3 is 1. The normalized spacial score (nSPS) is 17.9. The number of carbonyl (C=O) groups is 2. The fourth-order valence-electron chi connectivity index (χ4n) is 4.05. The summed E-state index contributed by atoms with van der Waals surface area (Å²) >= 11 is 1.44. The van der Waals surface area contributed by atoms with Crippen LogP contribution in [0.3, 0.4) is 0 Å². The molecule has 1 aromatic heterocycles. The molecule has 1 N–H and O–H groups in total. The van der Waals surface area contributed by atoms with E-state index in [9.17, 15) is 22.8 Å². The summed E-state index contributed by atoms with van der Waals surface area (Å²) in [4.78, 5) is 29.4. The Balaban J connectivity index is 1.69. The maximum Gasteiger partial charge on any atom is 0.573 e. The second kappa shape index (κ2) is 9.86. The molecule has 2 amide bonds. The monoisotopic (exact) mass is 490 g/mol. The van der Waals surface area contributed by atoms with Gasteiger partial charge >= 0.3 is 6.36 Å². The van der Waals surface area contributed by atoms with Crippen molar-refractivity contribution in [3.63, 3.8) is 0 Å². The first-order valence-electron chi connectivity index (χ1n) is 10.4. The summed E-state index contributed by atoms with van der Waals surface area (Å²) in [6.07, 6.45) is -4.80. The lowest BCUT2D eigenvalue weighted by Gasteiger charge is -2.41. The van der Waals surface area contributed by atoms with E-state index in [4.69, 9.17) is 4.74 Å². The molecule has 0 fully saturated rings. The topological polar surface area (TPSA) is 67.9 Å². The smallest absolute Gasteiger partial charge is 0.406 e. The van der Waals surface area contributed by atoms with Crippen molar-refractivity contribution < 1.29 is 32.2 Å². The lowest BCUT2D eigenvalue weighted by atomic mass is 9.81. The predicted octanol–water partition coefficient (Wildman–Crippen LogP) is 5.21. The van der Waals surface area contributed by atoms with E-state index in [0.717, 1.165) is 17.0 Å². The van der Waals surface area contributed by atoms with Gasteiger partial charge in [-0.1, -0.05) is 24.3 Å². The van der Waals surface area contributed by atoms with Crippen LogP contribution in [0.2, 0.25) is 0 Å². The highest BCUT2D eigenvalue weighted by atomic mass is 32.1. The van der Waals surface area contributed by atoms with E-state index in [1.54, 1.807) is 36.3 Å². The zero-order valence-corrected chi connectivity index (χ0v) is 18.9. The Morgan fingerprint density at radius 2 is 1.82 bits per heavy atom. The van der Waals surface area contributed by atoms with E-state index >= 15 is 0 Å². The third-order valence-electron chi connectivity index (χ3n) is 5.45. The molecule has 2 aromatic carbocycles. The molecule has 2 unspecified atom stereocenters. The summed E-state index contributed by atoms with van der Waals surface area (Å²) < 4.78 is 46.4. The van der Waals surface area contributed by atoms with Gasteiger partial charge in [-0.05, 0) is 47.3 Å². The molecule has 0 radical (unpaired) electrons. The molecule has 0 aliphatic carbocycles. The van der Waals surface area contributed by atoms with Crippen molar-refractivity contribution in [2.45, 2.75) is 18.3 Å². The van der Waals surface area contributed by atoms with Gasteiger partial charge < -0.3 is 19.7 Å². The first-order chi connectivity index (χ1) is 16.3. The molecule has 10 heteroatoms. The molecule has 2 heterocycles. The highest BCUT2D eigenvalue weighted by molar-refractivity contribution is 7.10. The Hall–Kier alpha value is -3.37. The molecule has 178 valence electrons. The second-order valence-electron chi connectivity index (χ2n) is 7.58. The minimum atomic E-state index is -4.80. The molecule has 0 bridgehead atoms. The van der Waals surface area contributed by atoms with E-state index in [1.807, 2.05) is 17.5 Å². The number of benzene rings is 2. The van der Waals surface area contributed by atoms with Crippen molar-refractivity contribution in [2.24, 2.45) is 0 Å². The van der Waals surface area contributed by atoms with E-state index in [1.165, 1.54) is 23.5 Å². The predicted molar refractivity (Wildman–Crippen MR) is 121 cm³/mol. The number of nitrogens with one attached hydrogen (secondary N) is 1. The van der Waals surface area contributed by atoms with Crippen LogP contribution < -0.4 is 10.1 Å². The number of anilines is 1. The lowest BCUT2D eigenvalue weighted by Crippen LogP contribution is -2.47. The van der Waals surface area contributed by atoms with Crippen LogP contribution in [0.15, 0.2) is 66.0 Å². The van der Waals surface area contributed by atoms with Crippen molar-refractivity contribution >= 4 is 28.8 Å². The van der Waals surface area contributed by atoms with E-state index < -0.39 is 18.3 Å². The van der Waals surface area contributed by atoms with Gasteiger partial charge in [0.25, 0.3) is 5.91 Å². The fraction of sp³-hybridized carbons (Fsp3) is 0.250. The maximum absolute atomic E-state index is 13.6. The highest BCUT2D eigenvalue weighted by Crippen LogP contribution is 2.44. The number of hydrogen-bond acceptors (Lipinski definition) is 5. The number of ether oxygens (including phenoxy) is 2. The number of halogens is 3. The van der Waals surface area contributed by atoms with Crippen molar-refractivity contribution in [2.75, 3.05) is 25.6 Å². The molecule has 2 atom stereocenters. The number of amides is 2. The number of carbonyl (C=O) groups excluding carboxylic acids is 2. The summed E-state index contributed by atoms with van der Waals surface area (Å²) in [6, 6.07) is 15.0.